The van der Waals surface area contributed by atoms with Gasteiger partial charge in [-0.1, -0.05) is 17.7 Å². The van der Waals surface area contributed by atoms with Crippen molar-refractivity contribution in [3.63, 3.8) is 0 Å². The van der Waals surface area contributed by atoms with E-state index in [1.165, 1.54) is 5.56 Å². The Morgan fingerprint density at radius 2 is 1.93 bits per heavy atom. The number of rotatable bonds is 3. The average Bonchev–Trinajstić information content (AvgIpc) is 2.74. The molecule has 1 saturated heterocycles. The van der Waals surface area contributed by atoms with Crippen LogP contribution in [0.2, 0.25) is 5.02 Å². The standard InChI is InChI=1S/C22H25ClN2O3/c1-15-3-4-18(23)13-20(15)24-7-9-25(10-8-24)22(26)17-11-16-12-19(27-2)5-6-21(16)28-14-17/h3-6,12-13,17H,7-11,14H2,1-2H3. The van der Waals surface area contributed by atoms with E-state index in [0.29, 0.717) is 26.1 Å². The Morgan fingerprint density at radius 3 is 2.68 bits per heavy atom. The van der Waals surface area contributed by atoms with Crippen LogP contribution in [0.5, 0.6) is 11.5 Å². The summed E-state index contributed by atoms with van der Waals surface area (Å²) in [7, 11) is 1.65. The minimum Gasteiger partial charge on any atom is -0.497 e. The summed E-state index contributed by atoms with van der Waals surface area (Å²) in [5.74, 6) is 1.68. The third-order valence-corrected chi connectivity index (χ3v) is 5.86. The van der Waals surface area contributed by atoms with E-state index in [1.807, 2.05) is 41.3 Å². The largest absolute Gasteiger partial charge is 0.497 e. The molecule has 1 amide bonds. The normalized spacial score (nSPS) is 19.0. The number of methoxy groups -OCH3 is 1. The lowest BCUT2D eigenvalue weighted by Gasteiger charge is -2.38. The van der Waals surface area contributed by atoms with Crippen LogP contribution in [-0.4, -0.2) is 50.7 Å². The number of fused-ring (bicyclic) bond motifs is 1. The molecular formula is C22H25ClN2O3. The van der Waals surface area contributed by atoms with Gasteiger partial charge in [0.05, 0.1) is 13.0 Å². The summed E-state index contributed by atoms with van der Waals surface area (Å²) in [6, 6.07) is 11.7. The number of halogens is 1. The first-order valence-corrected chi connectivity index (χ1v) is 10.0. The van der Waals surface area contributed by atoms with Crippen molar-refractivity contribution < 1.29 is 14.3 Å². The first-order chi connectivity index (χ1) is 13.5. The lowest BCUT2D eigenvalue weighted by atomic mass is 9.95. The maximum atomic E-state index is 13.1. The number of carbonyl (C=O) groups excluding carboxylic acids is 1. The third-order valence-electron chi connectivity index (χ3n) is 5.63. The van der Waals surface area contributed by atoms with Gasteiger partial charge >= 0.3 is 0 Å². The van der Waals surface area contributed by atoms with Crippen molar-refractivity contribution in [3.05, 3.63) is 52.5 Å². The van der Waals surface area contributed by atoms with Crippen molar-refractivity contribution in [1.29, 1.82) is 0 Å². The number of carbonyl (C=O) groups is 1. The van der Waals surface area contributed by atoms with Gasteiger partial charge in [-0.05, 0) is 54.8 Å². The molecule has 2 aliphatic heterocycles. The van der Waals surface area contributed by atoms with Crippen LogP contribution >= 0.6 is 11.6 Å². The number of hydrogen-bond donors (Lipinski definition) is 0. The molecule has 28 heavy (non-hydrogen) atoms. The number of nitrogens with zero attached hydrogens (tertiary/aromatic N) is 2. The number of hydrogen-bond acceptors (Lipinski definition) is 4. The van der Waals surface area contributed by atoms with Crippen LogP contribution in [0.4, 0.5) is 5.69 Å². The molecule has 1 atom stereocenters. The Morgan fingerprint density at radius 1 is 1.14 bits per heavy atom. The minimum absolute atomic E-state index is 0.140. The van der Waals surface area contributed by atoms with E-state index in [2.05, 4.69) is 11.8 Å². The van der Waals surface area contributed by atoms with Gasteiger partial charge in [0.15, 0.2) is 0 Å². The molecule has 0 spiro atoms. The second-order valence-electron chi connectivity index (χ2n) is 7.43. The first kappa shape index (κ1) is 18.9. The summed E-state index contributed by atoms with van der Waals surface area (Å²) >= 11 is 6.17. The molecule has 0 radical (unpaired) electrons. The molecule has 1 fully saturated rings. The topological polar surface area (TPSA) is 42.0 Å². The van der Waals surface area contributed by atoms with Gasteiger partial charge in [0.25, 0.3) is 0 Å². The molecule has 2 aliphatic rings. The Kier molecular flexibility index (Phi) is 5.36. The van der Waals surface area contributed by atoms with Gasteiger partial charge < -0.3 is 19.3 Å². The summed E-state index contributed by atoms with van der Waals surface area (Å²) in [6.45, 7) is 5.58. The summed E-state index contributed by atoms with van der Waals surface area (Å²) in [5.41, 5.74) is 3.40. The third kappa shape index (κ3) is 3.76. The van der Waals surface area contributed by atoms with Crippen LogP contribution in [0, 0.1) is 12.8 Å². The van der Waals surface area contributed by atoms with Gasteiger partial charge in [-0.3, -0.25) is 4.79 Å². The molecule has 0 bridgehead atoms. The van der Waals surface area contributed by atoms with Gasteiger partial charge in [-0.15, -0.1) is 0 Å². The predicted octanol–water partition coefficient (Wildman–Crippen LogP) is 3.56. The van der Waals surface area contributed by atoms with Crippen molar-refractivity contribution in [2.45, 2.75) is 13.3 Å². The highest BCUT2D eigenvalue weighted by molar-refractivity contribution is 6.30. The van der Waals surface area contributed by atoms with Crippen LogP contribution in [0.25, 0.3) is 0 Å². The van der Waals surface area contributed by atoms with Crippen LogP contribution in [-0.2, 0) is 11.2 Å². The number of ether oxygens (including phenoxy) is 2. The van der Waals surface area contributed by atoms with Crippen molar-refractivity contribution in [3.8, 4) is 11.5 Å². The SMILES string of the molecule is COc1ccc2c(c1)CC(C(=O)N1CCN(c3cc(Cl)ccc3C)CC1)CO2. The maximum Gasteiger partial charge on any atom is 0.229 e. The number of anilines is 1. The van der Waals surface area contributed by atoms with E-state index < -0.39 is 0 Å². The van der Waals surface area contributed by atoms with E-state index >= 15 is 0 Å². The van der Waals surface area contributed by atoms with Gasteiger partial charge in [0.2, 0.25) is 5.91 Å². The zero-order valence-corrected chi connectivity index (χ0v) is 17.0. The quantitative estimate of drug-likeness (QED) is 0.790. The van der Waals surface area contributed by atoms with E-state index in [9.17, 15) is 4.79 Å². The van der Waals surface area contributed by atoms with E-state index in [-0.39, 0.29) is 11.8 Å². The van der Waals surface area contributed by atoms with E-state index in [1.54, 1.807) is 7.11 Å². The molecular weight excluding hydrogens is 376 g/mol. The summed E-state index contributed by atoms with van der Waals surface area (Å²) in [6.07, 6.45) is 0.693. The monoisotopic (exact) mass is 400 g/mol. The highest BCUT2D eigenvalue weighted by Gasteiger charge is 2.31. The van der Waals surface area contributed by atoms with Gasteiger partial charge in [-0.25, -0.2) is 0 Å². The van der Waals surface area contributed by atoms with Crippen LogP contribution in [0.3, 0.4) is 0 Å². The summed E-state index contributed by atoms with van der Waals surface area (Å²) in [4.78, 5) is 17.3. The van der Waals surface area contributed by atoms with Gasteiger partial charge in [0, 0.05) is 36.9 Å². The molecule has 0 N–H and O–H groups in total. The lowest BCUT2D eigenvalue weighted by Crippen LogP contribution is -2.51. The Balaban J connectivity index is 1.39. The number of piperazine rings is 1. The smallest absolute Gasteiger partial charge is 0.229 e. The number of aryl methyl sites for hydroxylation is 1. The molecule has 2 aromatic carbocycles. The number of amides is 1. The number of benzene rings is 2. The molecule has 6 heteroatoms. The van der Waals surface area contributed by atoms with Crippen LogP contribution < -0.4 is 14.4 Å². The second kappa shape index (κ2) is 7.92. The highest BCUT2D eigenvalue weighted by Crippen LogP contribution is 2.32. The molecule has 0 aromatic heterocycles. The fraction of sp³-hybridized carbons (Fsp3) is 0.409. The van der Waals surface area contributed by atoms with Crippen molar-refractivity contribution in [2.75, 3.05) is 44.8 Å². The van der Waals surface area contributed by atoms with E-state index in [4.69, 9.17) is 21.1 Å². The molecule has 148 valence electrons. The Labute approximate surface area is 170 Å². The second-order valence-corrected chi connectivity index (χ2v) is 7.87. The summed E-state index contributed by atoms with van der Waals surface area (Å²) in [5, 5.41) is 0.743. The van der Waals surface area contributed by atoms with Crippen molar-refractivity contribution >= 4 is 23.2 Å². The first-order valence-electron chi connectivity index (χ1n) is 9.65. The van der Waals surface area contributed by atoms with E-state index in [0.717, 1.165) is 40.9 Å². The van der Waals surface area contributed by atoms with Crippen LogP contribution in [0.1, 0.15) is 11.1 Å². The molecule has 2 aromatic rings. The molecule has 2 heterocycles. The highest BCUT2D eigenvalue weighted by atomic mass is 35.5. The van der Waals surface area contributed by atoms with Gasteiger partial charge in [0.1, 0.15) is 18.1 Å². The zero-order chi connectivity index (χ0) is 19.7. The minimum atomic E-state index is -0.140. The maximum absolute atomic E-state index is 13.1. The average molecular weight is 401 g/mol. The molecule has 1 unspecified atom stereocenters. The summed E-state index contributed by atoms with van der Waals surface area (Å²) < 4.78 is 11.1. The van der Waals surface area contributed by atoms with Crippen molar-refractivity contribution in [2.24, 2.45) is 5.92 Å². The molecule has 0 aliphatic carbocycles. The zero-order valence-electron chi connectivity index (χ0n) is 16.3. The van der Waals surface area contributed by atoms with Crippen molar-refractivity contribution in [1.82, 2.24) is 4.90 Å². The van der Waals surface area contributed by atoms with Gasteiger partial charge in [-0.2, -0.15) is 0 Å². The molecule has 4 rings (SSSR count). The molecule has 0 saturated carbocycles. The Hall–Kier alpha value is -2.40. The lowest BCUT2D eigenvalue weighted by molar-refractivity contribution is -0.137. The fourth-order valence-corrected chi connectivity index (χ4v) is 4.17. The Bertz CT molecular complexity index is 878. The fourth-order valence-electron chi connectivity index (χ4n) is 4.01. The molecule has 5 nitrogen and oxygen atoms in total. The predicted molar refractivity (Wildman–Crippen MR) is 111 cm³/mol. The van der Waals surface area contributed by atoms with Crippen LogP contribution in [0.15, 0.2) is 36.4 Å².